The fourth-order valence-corrected chi connectivity index (χ4v) is 9.64. The van der Waals surface area contributed by atoms with E-state index in [0.29, 0.717) is 42.7 Å². The predicted molar refractivity (Wildman–Crippen MR) is 152 cm³/mol. The quantitative estimate of drug-likeness (QED) is 0.460. The first-order valence-corrected chi connectivity index (χ1v) is 16.6. The van der Waals surface area contributed by atoms with Gasteiger partial charge in [-0.2, -0.15) is 0 Å². The van der Waals surface area contributed by atoms with Crippen LogP contribution in [0.5, 0.6) is 0 Å². The Hall–Kier alpha value is -2.29. The Balaban J connectivity index is 1.09. The van der Waals surface area contributed by atoms with E-state index in [9.17, 15) is 22.7 Å². The lowest BCUT2D eigenvalue weighted by Crippen LogP contribution is -2.42. The molecule has 8 heteroatoms. The van der Waals surface area contributed by atoms with E-state index in [0.717, 1.165) is 69.3 Å². The lowest BCUT2D eigenvalue weighted by Gasteiger charge is -2.36. The predicted octanol–water partition coefficient (Wildman–Crippen LogP) is 4.99. The van der Waals surface area contributed by atoms with Crippen LogP contribution in [0.3, 0.4) is 0 Å². The minimum Gasteiger partial charge on any atom is -0.480 e. The molecule has 6 rings (SSSR count). The maximum absolute atomic E-state index is 14.2. The number of hydrogen-bond acceptors (Lipinski definition) is 5. The van der Waals surface area contributed by atoms with Crippen molar-refractivity contribution in [2.45, 2.75) is 73.5 Å². The Morgan fingerprint density at radius 2 is 1.75 bits per heavy atom. The third kappa shape index (κ3) is 6.00. The van der Waals surface area contributed by atoms with Gasteiger partial charge in [0.15, 0.2) is 9.84 Å². The Morgan fingerprint density at radius 1 is 0.975 bits per heavy atom. The van der Waals surface area contributed by atoms with Gasteiger partial charge in [-0.25, -0.2) is 12.8 Å². The molecule has 0 spiro atoms. The van der Waals surface area contributed by atoms with Crippen LogP contribution in [-0.2, 0) is 21.1 Å². The summed E-state index contributed by atoms with van der Waals surface area (Å²) in [6.07, 6.45) is 7.18. The summed E-state index contributed by atoms with van der Waals surface area (Å²) in [4.78, 5) is 17.3. The molecule has 4 aliphatic rings. The summed E-state index contributed by atoms with van der Waals surface area (Å²) in [5.74, 6) is 0.260. The molecule has 0 amide bonds. The number of carboxylic acids is 1. The summed E-state index contributed by atoms with van der Waals surface area (Å²) >= 11 is 0. The first-order valence-electron chi connectivity index (χ1n) is 15.0. The molecule has 0 aromatic heterocycles. The average molecular weight is 569 g/mol. The van der Waals surface area contributed by atoms with Gasteiger partial charge in [-0.15, -0.1) is 0 Å². The van der Waals surface area contributed by atoms with Crippen LogP contribution in [0.15, 0.2) is 53.4 Å². The number of piperidine rings is 1. The highest BCUT2D eigenvalue weighted by Crippen LogP contribution is 2.40. The van der Waals surface area contributed by atoms with Gasteiger partial charge in [0, 0.05) is 25.6 Å². The standard InChI is InChI=1S/C32H41FN2O4S/c33-27-6-3-5-25(18-27)29-21-35(30(32(36)37)17-22-8-9-22)20-26(29)19-34-14-12-23(13-15-34)16-28-11-10-24-4-1-2-7-31(24)40(28,38)39/h1-7,18,22-23,26,28-30H,8-17,19-21H2,(H,36,37)/t26-,28?,29+,30+/m0/s1. The van der Waals surface area contributed by atoms with Gasteiger partial charge in [0.25, 0.3) is 0 Å². The molecule has 1 saturated carbocycles. The number of sulfone groups is 1. The number of halogens is 1. The van der Waals surface area contributed by atoms with Crippen LogP contribution in [0, 0.1) is 23.6 Å². The Morgan fingerprint density at radius 3 is 2.48 bits per heavy atom. The van der Waals surface area contributed by atoms with Gasteiger partial charge in [-0.3, -0.25) is 9.69 Å². The molecule has 6 nitrogen and oxygen atoms in total. The minimum absolute atomic E-state index is 0.0990. The molecular formula is C32H41FN2O4S. The topological polar surface area (TPSA) is 77.9 Å². The third-order valence-corrected chi connectivity index (χ3v) is 12.3. The van der Waals surface area contributed by atoms with Crippen LogP contribution >= 0.6 is 0 Å². The van der Waals surface area contributed by atoms with Crippen molar-refractivity contribution in [3.63, 3.8) is 0 Å². The summed E-state index contributed by atoms with van der Waals surface area (Å²) in [7, 11) is -3.28. The van der Waals surface area contributed by atoms with Crippen molar-refractivity contribution < 1.29 is 22.7 Å². The molecule has 2 aromatic carbocycles. The number of aryl methyl sites for hydroxylation is 1. The molecule has 3 fully saturated rings. The van der Waals surface area contributed by atoms with E-state index >= 15 is 0 Å². The molecule has 0 radical (unpaired) electrons. The summed E-state index contributed by atoms with van der Waals surface area (Å²) in [5.41, 5.74) is 1.91. The molecule has 3 aliphatic heterocycles. The molecule has 216 valence electrons. The number of nitrogens with zero attached hydrogens (tertiary/aromatic N) is 2. The van der Waals surface area contributed by atoms with E-state index in [1.165, 1.54) is 6.07 Å². The van der Waals surface area contributed by atoms with E-state index < -0.39 is 21.8 Å². The average Bonchev–Trinajstić information content (AvgIpc) is 3.67. The van der Waals surface area contributed by atoms with Crippen molar-refractivity contribution in [1.29, 1.82) is 0 Å². The molecule has 1 N–H and O–H groups in total. The zero-order valence-corrected chi connectivity index (χ0v) is 23.9. The first-order chi connectivity index (χ1) is 19.3. The van der Waals surface area contributed by atoms with Crippen molar-refractivity contribution >= 4 is 15.8 Å². The van der Waals surface area contributed by atoms with Crippen LogP contribution in [0.4, 0.5) is 4.39 Å². The monoisotopic (exact) mass is 568 g/mol. The zero-order chi connectivity index (χ0) is 27.9. The highest BCUT2D eigenvalue weighted by atomic mass is 32.2. The van der Waals surface area contributed by atoms with Gasteiger partial charge in [0.1, 0.15) is 11.9 Å². The van der Waals surface area contributed by atoms with Gasteiger partial charge in [0.2, 0.25) is 0 Å². The smallest absolute Gasteiger partial charge is 0.320 e. The molecule has 0 bridgehead atoms. The third-order valence-electron chi connectivity index (χ3n) is 9.98. The number of carboxylic acid groups (broad SMARTS) is 1. The normalized spacial score (nSPS) is 28.3. The zero-order valence-electron chi connectivity index (χ0n) is 23.1. The molecule has 2 saturated heterocycles. The van der Waals surface area contributed by atoms with Crippen molar-refractivity contribution in [3.05, 3.63) is 65.5 Å². The number of benzene rings is 2. The van der Waals surface area contributed by atoms with Crippen LogP contribution in [0.25, 0.3) is 0 Å². The number of carbonyl (C=O) groups is 1. The molecule has 2 aromatic rings. The van der Waals surface area contributed by atoms with E-state index in [4.69, 9.17) is 0 Å². The lowest BCUT2D eigenvalue weighted by atomic mass is 9.86. The Kier molecular flexibility index (Phi) is 8.03. The Labute approximate surface area is 237 Å². The van der Waals surface area contributed by atoms with E-state index in [2.05, 4.69) is 9.80 Å². The molecule has 1 aliphatic carbocycles. The molecular weight excluding hydrogens is 527 g/mol. The maximum atomic E-state index is 14.2. The van der Waals surface area contributed by atoms with Crippen molar-refractivity contribution in [1.82, 2.24) is 9.80 Å². The summed E-state index contributed by atoms with van der Waals surface area (Å²) < 4.78 is 40.8. The number of likely N-dealkylation sites (tertiary alicyclic amines) is 2. The highest BCUT2D eigenvalue weighted by Gasteiger charge is 2.42. The van der Waals surface area contributed by atoms with Gasteiger partial charge < -0.3 is 10.0 Å². The fraction of sp³-hybridized carbons (Fsp3) is 0.594. The van der Waals surface area contributed by atoms with Crippen molar-refractivity contribution in [2.75, 3.05) is 32.7 Å². The lowest BCUT2D eigenvalue weighted by molar-refractivity contribution is -0.143. The van der Waals surface area contributed by atoms with Crippen LogP contribution in [0.1, 0.15) is 62.0 Å². The fourth-order valence-electron chi connectivity index (χ4n) is 7.53. The van der Waals surface area contributed by atoms with Gasteiger partial charge in [-0.05, 0) is 98.7 Å². The highest BCUT2D eigenvalue weighted by molar-refractivity contribution is 7.92. The number of aliphatic carboxylic acids is 1. The number of hydrogen-bond donors (Lipinski definition) is 1. The second-order valence-electron chi connectivity index (χ2n) is 12.7. The van der Waals surface area contributed by atoms with Gasteiger partial charge in [0.05, 0.1) is 10.1 Å². The summed E-state index contributed by atoms with van der Waals surface area (Å²) in [6, 6.07) is 13.8. The van der Waals surface area contributed by atoms with Crippen LogP contribution < -0.4 is 0 Å². The summed E-state index contributed by atoms with van der Waals surface area (Å²) in [5, 5.41) is 9.73. The van der Waals surface area contributed by atoms with Crippen LogP contribution in [0.2, 0.25) is 0 Å². The largest absolute Gasteiger partial charge is 0.480 e. The Bertz CT molecular complexity index is 1320. The van der Waals surface area contributed by atoms with Crippen LogP contribution in [-0.4, -0.2) is 73.3 Å². The van der Waals surface area contributed by atoms with E-state index in [-0.39, 0.29) is 22.9 Å². The van der Waals surface area contributed by atoms with Crippen molar-refractivity contribution in [2.24, 2.45) is 17.8 Å². The number of rotatable bonds is 9. The molecule has 40 heavy (non-hydrogen) atoms. The maximum Gasteiger partial charge on any atom is 0.320 e. The molecule has 3 heterocycles. The van der Waals surface area contributed by atoms with E-state index in [1.54, 1.807) is 18.2 Å². The second kappa shape index (κ2) is 11.5. The van der Waals surface area contributed by atoms with Gasteiger partial charge >= 0.3 is 5.97 Å². The SMILES string of the molecule is O=C(O)[C@@H](CC1CC1)N1C[C@H](CN2CCC(CC3CCc4ccccc4S3(=O)=O)CC2)[C@@H](c2cccc(F)c2)C1. The first kappa shape index (κ1) is 27.9. The van der Waals surface area contributed by atoms with E-state index in [1.807, 2.05) is 24.3 Å². The summed E-state index contributed by atoms with van der Waals surface area (Å²) in [6.45, 7) is 4.06. The second-order valence-corrected chi connectivity index (χ2v) is 14.9. The molecule has 1 unspecified atom stereocenters. The minimum atomic E-state index is -3.28. The van der Waals surface area contributed by atoms with Crippen molar-refractivity contribution in [3.8, 4) is 0 Å². The van der Waals surface area contributed by atoms with Gasteiger partial charge in [-0.1, -0.05) is 43.2 Å². The number of fused-ring (bicyclic) bond motifs is 1. The molecule has 4 atom stereocenters.